The Kier molecular flexibility index (Phi) is 5.08. The van der Waals surface area contributed by atoms with E-state index in [1.807, 2.05) is 67.8 Å². The van der Waals surface area contributed by atoms with Crippen LogP contribution in [0, 0.1) is 0 Å². The largest absolute Gasteiger partial charge is 0.244 e. The maximum atomic E-state index is 4.48. The third kappa shape index (κ3) is 3.71. The van der Waals surface area contributed by atoms with Gasteiger partial charge < -0.3 is 0 Å². The summed E-state index contributed by atoms with van der Waals surface area (Å²) in [6.07, 6.45) is 14.6. The van der Waals surface area contributed by atoms with Gasteiger partial charge in [0.25, 0.3) is 0 Å². The van der Waals surface area contributed by atoms with E-state index < -0.39 is 0 Å². The smallest absolute Gasteiger partial charge is 0.168 e. The van der Waals surface area contributed by atoms with Crippen molar-refractivity contribution in [3.8, 4) is 11.1 Å². The van der Waals surface area contributed by atoms with Crippen LogP contribution in [0.25, 0.3) is 11.1 Å². The van der Waals surface area contributed by atoms with E-state index in [4.69, 9.17) is 0 Å². The summed E-state index contributed by atoms with van der Waals surface area (Å²) in [7, 11) is 0. The minimum atomic E-state index is -0.172. The number of aromatic nitrogens is 8. The van der Waals surface area contributed by atoms with Gasteiger partial charge in [-0.25, -0.2) is 18.7 Å². The van der Waals surface area contributed by atoms with Crippen molar-refractivity contribution in [2.45, 2.75) is 12.3 Å². The molecule has 0 aliphatic rings. The molecule has 0 amide bonds. The van der Waals surface area contributed by atoms with E-state index in [1.165, 1.54) is 0 Å². The van der Waals surface area contributed by atoms with Crippen LogP contribution in [0.5, 0.6) is 0 Å². The molecule has 166 valence electrons. The number of benzene rings is 2. The topological polar surface area (TPSA) is 71.3 Å². The highest BCUT2D eigenvalue weighted by Crippen LogP contribution is 2.29. The maximum absolute atomic E-state index is 4.48. The number of rotatable bonds is 7. The minimum absolute atomic E-state index is 0.172. The summed E-state index contributed by atoms with van der Waals surface area (Å²) in [6.45, 7) is 0. The summed E-state index contributed by atoms with van der Waals surface area (Å²) in [5.41, 5.74) is 4.41. The van der Waals surface area contributed by atoms with Crippen LogP contribution in [-0.2, 0) is 0 Å². The maximum Gasteiger partial charge on any atom is 0.168 e. The lowest BCUT2D eigenvalue weighted by atomic mass is 9.99. The van der Waals surface area contributed by atoms with E-state index in [0.29, 0.717) is 0 Å². The summed E-state index contributed by atoms with van der Waals surface area (Å²) < 4.78 is 7.64. The van der Waals surface area contributed by atoms with Gasteiger partial charge in [-0.3, -0.25) is 0 Å². The summed E-state index contributed by atoms with van der Waals surface area (Å²) in [4.78, 5) is 0. The van der Waals surface area contributed by atoms with E-state index >= 15 is 0 Å². The van der Waals surface area contributed by atoms with Gasteiger partial charge in [0, 0.05) is 49.6 Å². The molecule has 4 aromatic heterocycles. The normalized spacial score (nSPS) is 11.5. The zero-order chi connectivity index (χ0) is 22.7. The zero-order valence-electron chi connectivity index (χ0n) is 18.3. The van der Waals surface area contributed by atoms with Crippen molar-refractivity contribution in [1.82, 2.24) is 39.1 Å². The van der Waals surface area contributed by atoms with Gasteiger partial charge in [0.2, 0.25) is 0 Å². The lowest BCUT2D eigenvalue weighted by molar-refractivity contribution is 0.418. The Labute approximate surface area is 196 Å². The van der Waals surface area contributed by atoms with Gasteiger partial charge in [-0.15, -0.1) is 0 Å². The van der Waals surface area contributed by atoms with Crippen LogP contribution in [0.3, 0.4) is 0 Å². The summed E-state index contributed by atoms with van der Waals surface area (Å²) in [6, 6.07) is 24.7. The number of nitrogens with zero attached hydrogens (tertiary/aromatic N) is 8. The number of hydrogen-bond acceptors (Lipinski definition) is 4. The van der Waals surface area contributed by atoms with Crippen molar-refractivity contribution in [2.75, 3.05) is 0 Å². The Morgan fingerprint density at radius 1 is 0.441 bits per heavy atom. The van der Waals surface area contributed by atoms with Gasteiger partial charge in [-0.05, 0) is 58.7 Å². The molecular formula is C26H22N8. The molecule has 0 fully saturated rings. The molecule has 0 bridgehead atoms. The van der Waals surface area contributed by atoms with Crippen LogP contribution >= 0.6 is 0 Å². The Morgan fingerprint density at radius 2 is 0.794 bits per heavy atom. The third-order valence-electron chi connectivity index (χ3n) is 5.80. The first-order chi connectivity index (χ1) is 16.9. The molecule has 0 aliphatic carbocycles. The molecule has 6 rings (SSSR count). The molecule has 6 aromatic rings. The standard InChI is InChI=1S/C26H22N8/c1-7-21(19-23(9-1)25(31-15-3-11-27-31)32-16-4-12-28-32)22-8-2-10-24(20-22)26(33-17-5-13-29-33)34-18-6-14-30-34/h1-20,25-26H. The molecule has 0 saturated heterocycles. The van der Waals surface area contributed by atoms with Crippen LogP contribution < -0.4 is 0 Å². The van der Waals surface area contributed by atoms with Crippen LogP contribution in [-0.4, -0.2) is 39.1 Å². The molecule has 8 heteroatoms. The van der Waals surface area contributed by atoms with Gasteiger partial charge in [-0.2, -0.15) is 20.4 Å². The molecule has 0 unspecified atom stereocenters. The SMILES string of the molecule is c1cc(-c2cccc(C(n3cccn3)n3cccn3)c2)cc(C(n2cccn2)n2cccn2)c1. The summed E-state index contributed by atoms with van der Waals surface area (Å²) >= 11 is 0. The van der Waals surface area contributed by atoms with Crippen LogP contribution in [0.1, 0.15) is 23.5 Å². The van der Waals surface area contributed by atoms with E-state index in [-0.39, 0.29) is 12.3 Å². The third-order valence-corrected chi connectivity index (χ3v) is 5.80. The van der Waals surface area contributed by atoms with Crippen molar-refractivity contribution < 1.29 is 0 Å². The van der Waals surface area contributed by atoms with Crippen molar-refractivity contribution in [3.05, 3.63) is 133 Å². The molecule has 0 N–H and O–H groups in total. The Morgan fingerprint density at radius 3 is 1.09 bits per heavy atom. The van der Waals surface area contributed by atoms with Crippen LogP contribution in [0.2, 0.25) is 0 Å². The second-order valence-electron chi connectivity index (χ2n) is 7.94. The summed E-state index contributed by atoms with van der Waals surface area (Å²) in [5.74, 6) is 0. The average molecular weight is 447 g/mol. The second kappa shape index (κ2) is 8.67. The monoisotopic (exact) mass is 446 g/mol. The Bertz CT molecular complexity index is 1270. The fraction of sp³-hybridized carbons (Fsp3) is 0.0769. The lowest BCUT2D eigenvalue weighted by Gasteiger charge is -2.21. The summed E-state index contributed by atoms with van der Waals surface area (Å²) in [5, 5.41) is 17.9. The first-order valence-corrected chi connectivity index (χ1v) is 11.0. The van der Waals surface area contributed by atoms with E-state index in [0.717, 1.165) is 22.3 Å². The Balaban J connectivity index is 1.41. The molecule has 0 saturated carbocycles. The van der Waals surface area contributed by atoms with Crippen molar-refractivity contribution in [3.63, 3.8) is 0 Å². The molecule has 8 nitrogen and oxygen atoms in total. The molecule has 0 spiro atoms. The van der Waals surface area contributed by atoms with Crippen molar-refractivity contribution in [1.29, 1.82) is 0 Å². The fourth-order valence-corrected chi connectivity index (χ4v) is 4.31. The average Bonchev–Trinajstić information content (AvgIpc) is 3.70. The lowest BCUT2D eigenvalue weighted by Crippen LogP contribution is -2.20. The van der Waals surface area contributed by atoms with Crippen molar-refractivity contribution >= 4 is 0 Å². The second-order valence-corrected chi connectivity index (χ2v) is 7.94. The van der Waals surface area contributed by atoms with Gasteiger partial charge >= 0.3 is 0 Å². The predicted octanol–water partition coefficient (Wildman–Crippen LogP) is 4.33. The highest BCUT2D eigenvalue weighted by molar-refractivity contribution is 5.65. The van der Waals surface area contributed by atoms with Crippen molar-refractivity contribution in [2.24, 2.45) is 0 Å². The molecule has 34 heavy (non-hydrogen) atoms. The minimum Gasteiger partial charge on any atom is -0.244 e. The molecule has 0 aliphatic heterocycles. The van der Waals surface area contributed by atoms with Gasteiger partial charge in [0.05, 0.1) is 0 Å². The molecule has 2 aromatic carbocycles. The first kappa shape index (κ1) is 19.9. The molecule has 4 heterocycles. The predicted molar refractivity (Wildman–Crippen MR) is 128 cm³/mol. The van der Waals surface area contributed by atoms with Gasteiger partial charge in [0.1, 0.15) is 0 Å². The van der Waals surface area contributed by atoms with Gasteiger partial charge in [-0.1, -0.05) is 36.4 Å². The van der Waals surface area contributed by atoms with Crippen LogP contribution in [0.15, 0.2) is 122 Å². The van der Waals surface area contributed by atoms with E-state index in [2.05, 4.69) is 68.9 Å². The number of hydrogen-bond donors (Lipinski definition) is 0. The highest BCUT2D eigenvalue weighted by Gasteiger charge is 2.19. The molecular weight excluding hydrogens is 424 g/mol. The van der Waals surface area contributed by atoms with Crippen LogP contribution in [0.4, 0.5) is 0 Å². The zero-order valence-corrected chi connectivity index (χ0v) is 18.3. The first-order valence-electron chi connectivity index (χ1n) is 11.0. The fourth-order valence-electron chi connectivity index (χ4n) is 4.31. The van der Waals surface area contributed by atoms with E-state index in [1.54, 1.807) is 24.8 Å². The highest BCUT2D eigenvalue weighted by atomic mass is 15.4. The van der Waals surface area contributed by atoms with E-state index in [9.17, 15) is 0 Å². The quantitative estimate of drug-likeness (QED) is 0.366. The Hall–Kier alpha value is -4.72. The molecule has 0 radical (unpaired) electrons. The van der Waals surface area contributed by atoms with Gasteiger partial charge in [0.15, 0.2) is 12.3 Å². The molecule has 0 atom stereocenters.